The third-order valence-electron chi connectivity index (χ3n) is 7.10. The van der Waals surface area contributed by atoms with Crippen molar-refractivity contribution in [3.63, 3.8) is 0 Å². The molecule has 2 aromatic carbocycles. The average molecular weight is 514 g/mol. The Kier molecular flexibility index (Phi) is 5.13. The Labute approximate surface area is 227 Å². The normalized spacial score (nSPS) is 30.2. The van der Waals surface area contributed by atoms with Gasteiger partial charge in [0, 0.05) is 23.5 Å². The second-order valence-electron chi connectivity index (χ2n) is 10.9. The number of carbonyl (C=O) groups excluding carboxylic acids is 1. The monoisotopic (exact) mass is 512 g/mol. The van der Waals surface area contributed by atoms with Crippen molar-refractivity contribution < 1.29 is 37.4 Å². The molecule has 4 nitrogen and oxygen atoms in total. The molecule has 0 N–H and O–H groups in total. The molecule has 2 aromatic rings. The summed E-state index contributed by atoms with van der Waals surface area (Å²) in [5.74, 6) is -0.918. The van der Waals surface area contributed by atoms with Gasteiger partial charge >= 0.3 is 5.97 Å². The van der Waals surface area contributed by atoms with E-state index in [4.69, 9.17) is 27.3 Å². The van der Waals surface area contributed by atoms with Crippen molar-refractivity contribution in [3.05, 3.63) is 70.1 Å². The molecule has 186 valence electrons. The molecular formula is C28H38Cl2N2O2. The first-order chi connectivity index (χ1) is 18.7. The van der Waals surface area contributed by atoms with Gasteiger partial charge in [-0.15, -0.1) is 0 Å². The fourth-order valence-electron chi connectivity index (χ4n) is 4.89. The maximum atomic E-state index is 12.6. The third-order valence-corrected chi connectivity index (χ3v) is 7.33. The van der Waals surface area contributed by atoms with Crippen LogP contribution >= 0.6 is 11.6 Å². The summed E-state index contributed by atoms with van der Waals surface area (Å²) in [5, 5.41) is 0.522. The number of likely N-dealkylation sites (N-methyl/N-ethyl adjacent to an activating group) is 1. The van der Waals surface area contributed by atoms with Crippen LogP contribution in [0.1, 0.15) is 80.7 Å². The summed E-state index contributed by atoms with van der Waals surface area (Å²) in [4.78, 5) is 14.8. The predicted octanol–water partition coefficient (Wildman–Crippen LogP) is 3.01. The molecule has 0 bridgehead atoms. The minimum Gasteiger partial charge on any atom is -1.00 e. The fraction of sp³-hybridized carbons (Fsp3) is 0.536. The smallest absolute Gasteiger partial charge is 0.315 e. The number of hydrogen-bond acceptors (Lipinski definition) is 3. The van der Waals surface area contributed by atoms with Crippen LogP contribution in [-0.2, 0) is 9.53 Å². The molecule has 0 spiro atoms. The Morgan fingerprint density at radius 1 is 1.26 bits per heavy atom. The highest BCUT2D eigenvalue weighted by molar-refractivity contribution is 6.30. The van der Waals surface area contributed by atoms with Crippen molar-refractivity contribution in [1.29, 1.82) is 0 Å². The van der Waals surface area contributed by atoms with Gasteiger partial charge in [0.15, 0.2) is 0 Å². The van der Waals surface area contributed by atoms with Crippen LogP contribution in [0.5, 0.6) is 0 Å². The van der Waals surface area contributed by atoms with E-state index in [0.717, 1.165) is 11.1 Å². The first-order valence-electron chi connectivity index (χ1n) is 15.4. The Morgan fingerprint density at radius 3 is 2.59 bits per heavy atom. The maximum absolute atomic E-state index is 12.6. The molecule has 1 aliphatic carbocycles. The van der Waals surface area contributed by atoms with Crippen molar-refractivity contribution in [2.75, 3.05) is 33.3 Å². The van der Waals surface area contributed by atoms with Gasteiger partial charge < -0.3 is 17.1 Å². The lowest BCUT2D eigenvalue weighted by Crippen LogP contribution is -3.00. The molecule has 1 fully saturated rings. The number of fused-ring (bicyclic) bond motifs is 1. The predicted molar refractivity (Wildman–Crippen MR) is 134 cm³/mol. The number of piperazine rings is 1. The van der Waals surface area contributed by atoms with Gasteiger partial charge in [-0.2, -0.15) is 0 Å². The first kappa shape index (κ1) is 17.8. The quantitative estimate of drug-likeness (QED) is 0.465. The number of rotatable bonds is 4. The highest BCUT2D eigenvalue weighted by atomic mass is 35.5. The highest BCUT2D eigenvalue weighted by Crippen LogP contribution is 2.48. The van der Waals surface area contributed by atoms with Crippen LogP contribution < -0.4 is 12.4 Å². The molecule has 0 radical (unpaired) electrons. The zero-order chi connectivity index (χ0) is 30.9. The topological polar surface area (TPSA) is 29.5 Å². The van der Waals surface area contributed by atoms with E-state index in [-0.39, 0.29) is 65.9 Å². The molecule has 0 amide bonds. The molecule has 1 aliphatic heterocycles. The van der Waals surface area contributed by atoms with E-state index in [9.17, 15) is 4.79 Å². The van der Waals surface area contributed by atoms with Crippen LogP contribution in [0.4, 0.5) is 0 Å². The number of esters is 1. The number of carbonyl (C=O) groups is 1. The van der Waals surface area contributed by atoms with Gasteiger partial charge in [-0.3, -0.25) is 14.2 Å². The van der Waals surface area contributed by atoms with Crippen molar-refractivity contribution in [1.82, 2.24) is 4.90 Å². The van der Waals surface area contributed by atoms with Crippen LogP contribution in [-0.4, -0.2) is 54.2 Å². The average Bonchev–Trinajstić information content (AvgIpc) is 3.22. The van der Waals surface area contributed by atoms with Gasteiger partial charge in [-0.25, -0.2) is 0 Å². The Balaban J connectivity index is 0.00000484. The summed E-state index contributed by atoms with van der Waals surface area (Å²) >= 11 is 6.42. The SMILES string of the molecule is [2H]c1c([2H])c([2H])c([C@@H]2C[C@@H](N3CC[N@+](COC(=O)C(C)(C)C)(C([2H])([2H])[2H])C(C)(C)C3)c3cc(Cl)ccc32)c([2H])c1[2H].[Cl-]. The zero-order valence-corrected chi connectivity index (χ0v) is 21.9. The summed E-state index contributed by atoms with van der Waals surface area (Å²) in [5.41, 5.74) is 0.376. The summed E-state index contributed by atoms with van der Waals surface area (Å²) in [6.45, 7) is 7.17. The zero-order valence-electron chi connectivity index (χ0n) is 28.4. The fourth-order valence-corrected chi connectivity index (χ4v) is 5.07. The molecule has 0 unspecified atom stereocenters. The second-order valence-corrected chi connectivity index (χ2v) is 11.3. The van der Waals surface area contributed by atoms with Gasteiger partial charge in [0.2, 0.25) is 6.73 Å². The third kappa shape index (κ3) is 5.16. The summed E-state index contributed by atoms with van der Waals surface area (Å²) < 4.78 is 72.3. The van der Waals surface area contributed by atoms with E-state index in [2.05, 4.69) is 4.90 Å². The standard InChI is InChI=1S/C28H38ClN2O2.ClH/c1-27(2,3)26(32)33-19-31(6)15-14-30(18-28(31,4)5)25-17-23(20-10-8-7-9-11-20)22-13-12-21(29)16-24(22)25;/h7-13,16,23,25H,14-15,17-19H2,1-6H3;1H/q+1;/p-1/t23-,25+,31-;/m0./s1/i6D3,7D,8D,9D,10D,11D;. The number of quaternary nitrogens is 1. The number of hydrogen-bond donors (Lipinski definition) is 0. The number of benzene rings is 2. The second kappa shape index (κ2) is 9.81. The summed E-state index contributed by atoms with van der Waals surface area (Å²) in [6, 6.07) is 3.61. The van der Waals surface area contributed by atoms with E-state index < -0.39 is 35.9 Å². The van der Waals surface area contributed by atoms with Gasteiger partial charge in [0.1, 0.15) is 5.54 Å². The highest BCUT2D eigenvalue weighted by Gasteiger charge is 2.49. The Hall–Kier alpha value is -1.59. The molecule has 6 heteroatoms. The summed E-state index contributed by atoms with van der Waals surface area (Å²) in [7, 11) is 0. The molecule has 3 atom stereocenters. The first-order valence-corrected chi connectivity index (χ1v) is 11.8. The van der Waals surface area contributed by atoms with Gasteiger partial charge in [0.05, 0.1) is 36.4 Å². The summed E-state index contributed by atoms with van der Waals surface area (Å²) in [6.07, 6.45) is 0.451. The van der Waals surface area contributed by atoms with E-state index in [1.54, 1.807) is 26.8 Å². The van der Waals surface area contributed by atoms with Gasteiger partial charge in [-0.05, 0) is 69.9 Å². The van der Waals surface area contributed by atoms with Crippen molar-refractivity contribution in [3.8, 4) is 0 Å². The van der Waals surface area contributed by atoms with Crippen LogP contribution in [0.3, 0.4) is 0 Å². The lowest BCUT2D eigenvalue weighted by atomic mass is 9.92. The molecular weight excluding hydrogens is 467 g/mol. The molecule has 4 rings (SSSR count). The van der Waals surface area contributed by atoms with E-state index in [0.29, 0.717) is 24.5 Å². The lowest BCUT2D eigenvalue weighted by Gasteiger charge is -2.54. The number of ether oxygens (including phenoxy) is 1. The lowest BCUT2D eigenvalue weighted by molar-refractivity contribution is -0.974. The molecule has 2 aliphatic rings. The van der Waals surface area contributed by atoms with E-state index >= 15 is 0 Å². The molecule has 1 heterocycles. The van der Waals surface area contributed by atoms with Crippen molar-refractivity contribution in [2.45, 2.75) is 58.5 Å². The van der Waals surface area contributed by atoms with Crippen molar-refractivity contribution in [2.24, 2.45) is 5.41 Å². The number of nitrogens with zero attached hydrogens (tertiary/aromatic N) is 2. The number of halogens is 2. The van der Waals surface area contributed by atoms with Gasteiger partial charge in [0.25, 0.3) is 0 Å². The molecule has 0 saturated carbocycles. The molecule has 0 aromatic heterocycles. The van der Waals surface area contributed by atoms with Gasteiger partial charge in [-0.1, -0.05) is 47.9 Å². The largest absolute Gasteiger partial charge is 1.00 e. The van der Waals surface area contributed by atoms with Crippen LogP contribution in [0, 0.1) is 5.41 Å². The van der Waals surface area contributed by atoms with Crippen LogP contribution in [0.2, 0.25) is 5.02 Å². The van der Waals surface area contributed by atoms with E-state index in [1.165, 1.54) is 0 Å². The Morgan fingerprint density at radius 2 is 1.97 bits per heavy atom. The molecule has 34 heavy (non-hydrogen) atoms. The van der Waals surface area contributed by atoms with Crippen LogP contribution in [0.15, 0.2) is 48.4 Å². The maximum Gasteiger partial charge on any atom is 0.315 e. The minimum atomic E-state index is -2.44. The van der Waals surface area contributed by atoms with E-state index in [1.807, 2.05) is 26.0 Å². The Bertz CT molecular complexity index is 1350. The van der Waals surface area contributed by atoms with Crippen molar-refractivity contribution >= 4 is 17.6 Å². The van der Waals surface area contributed by atoms with Crippen LogP contribution in [0.25, 0.3) is 0 Å². The molecule has 1 saturated heterocycles. The minimum absolute atomic E-state index is 0.